The van der Waals surface area contributed by atoms with Crippen LogP contribution in [0, 0.1) is 0 Å². The molecule has 0 aliphatic heterocycles. The largest absolute Gasteiger partial charge is 0.396 e. The minimum Gasteiger partial charge on any atom is -0.396 e. The van der Waals surface area contributed by atoms with E-state index in [0.717, 1.165) is 25.1 Å². The van der Waals surface area contributed by atoms with Crippen LogP contribution in [0.5, 0.6) is 0 Å². The minimum atomic E-state index is 0.664. The van der Waals surface area contributed by atoms with Crippen molar-refractivity contribution in [3.05, 3.63) is 48.0 Å². The van der Waals surface area contributed by atoms with E-state index in [4.69, 9.17) is 4.84 Å². The summed E-state index contributed by atoms with van der Waals surface area (Å²) in [6.45, 7) is 5.11. The highest BCUT2D eigenvalue weighted by Crippen LogP contribution is 2.16. The summed E-state index contributed by atoms with van der Waals surface area (Å²) < 4.78 is 0. The van der Waals surface area contributed by atoms with Crippen molar-refractivity contribution in [3.63, 3.8) is 0 Å². The normalized spacial score (nSPS) is 11.6. The van der Waals surface area contributed by atoms with Gasteiger partial charge in [0.25, 0.3) is 0 Å². The summed E-state index contributed by atoms with van der Waals surface area (Å²) in [6, 6.07) is 14.5. The van der Waals surface area contributed by atoms with E-state index in [1.54, 1.807) is 0 Å². The first-order chi connectivity index (χ1) is 10.8. The van der Waals surface area contributed by atoms with E-state index in [0.29, 0.717) is 6.61 Å². The summed E-state index contributed by atoms with van der Waals surface area (Å²) >= 11 is 0. The van der Waals surface area contributed by atoms with Gasteiger partial charge in [0.1, 0.15) is 6.61 Å². The van der Waals surface area contributed by atoms with Gasteiger partial charge in [0.15, 0.2) is 0 Å². The summed E-state index contributed by atoms with van der Waals surface area (Å²) in [5.74, 6) is 0. The average molecular weight is 298 g/mol. The minimum absolute atomic E-state index is 0.664. The molecule has 0 bridgehead atoms. The van der Waals surface area contributed by atoms with Gasteiger partial charge >= 0.3 is 0 Å². The van der Waals surface area contributed by atoms with Crippen molar-refractivity contribution < 1.29 is 4.84 Å². The van der Waals surface area contributed by atoms with Crippen LogP contribution in [0.15, 0.2) is 47.6 Å². The number of unbranched alkanes of at least 4 members (excludes halogenated alkanes) is 1. The van der Waals surface area contributed by atoms with E-state index in [1.165, 1.54) is 23.6 Å². The first kappa shape index (κ1) is 16.5. The zero-order valence-electron chi connectivity index (χ0n) is 13.7. The van der Waals surface area contributed by atoms with Crippen molar-refractivity contribution in [2.24, 2.45) is 5.16 Å². The monoisotopic (exact) mass is 298 g/mol. The lowest BCUT2D eigenvalue weighted by molar-refractivity contribution is 0.133. The van der Waals surface area contributed by atoms with Gasteiger partial charge in [0, 0.05) is 12.1 Å². The molecule has 0 atom stereocenters. The SMILES string of the molecule is CCCCN(C)CCCON=Cc1cccc2ccccc12. The van der Waals surface area contributed by atoms with Crippen molar-refractivity contribution in [3.8, 4) is 0 Å². The first-order valence-corrected chi connectivity index (χ1v) is 8.13. The van der Waals surface area contributed by atoms with Crippen molar-refractivity contribution in [1.29, 1.82) is 0 Å². The Morgan fingerprint density at radius 1 is 1.05 bits per heavy atom. The fraction of sp³-hybridized carbons (Fsp3) is 0.421. The Hall–Kier alpha value is -1.87. The maximum absolute atomic E-state index is 5.38. The molecule has 0 saturated carbocycles. The van der Waals surface area contributed by atoms with E-state index < -0.39 is 0 Å². The molecule has 22 heavy (non-hydrogen) atoms. The number of fused-ring (bicyclic) bond motifs is 1. The molecule has 0 unspecified atom stereocenters. The lowest BCUT2D eigenvalue weighted by atomic mass is 10.1. The predicted molar refractivity (Wildman–Crippen MR) is 94.5 cm³/mol. The quantitative estimate of drug-likeness (QED) is 0.391. The highest BCUT2D eigenvalue weighted by Gasteiger charge is 1.98. The standard InChI is InChI=1S/C19H26N2O/c1-3-4-13-21(2)14-8-15-22-20-16-18-11-7-10-17-9-5-6-12-19(17)18/h5-7,9-12,16H,3-4,8,13-15H2,1-2H3. The molecule has 0 aliphatic carbocycles. The Kier molecular flexibility index (Phi) is 6.91. The van der Waals surface area contributed by atoms with E-state index in [2.05, 4.69) is 54.4 Å². The number of nitrogens with zero attached hydrogens (tertiary/aromatic N) is 2. The lowest BCUT2D eigenvalue weighted by Crippen LogP contribution is -2.21. The fourth-order valence-electron chi connectivity index (χ4n) is 2.45. The molecule has 0 aliphatic rings. The summed E-state index contributed by atoms with van der Waals surface area (Å²) in [4.78, 5) is 7.73. The highest BCUT2D eigenvalue weighted by atomic mass is 16.6. The molecule has 3 heteroatoms. The number of oxime groups is 1. The van der Waals surface area contributed by atoms with E-state index in [-0.39, 0.29) is 0 Å². The van der Waals surface area contributed by atoms with Gasteiger partial charge in [-0.15, -0.1) is 0 Å². The predicted octanol–water partition coefficient (Wildman–Crippen LogP) is 4.31. The second-order valence-electron chi connectivity index (χ2n) is 5.65. The van der Waals surface area contributed by atoms with Crippen LogP contribution < -0.4 is 0 Å². The van der Waals surface area contributed by atoms with Crippen LogP contribution in [0.3, 0.4) is 0 Å². The molecule has 2 aromatic rings. The van der Waals surface area contributed by atoms with Gasteiger partial charge in [-0.2, -0.15) is 0 Å². The van der Waals surface area contributed by atoms with Crippen LogP contribution in [0.25, 0.3) is 10.8 Å². The van der Waals surface area contributed by atoms with E-state index in [1.807, 2.05) is 18.3 Å². The van der Waals surface area contributed by atoms with Crippen molar-refractivity contribution in [2.45, 2.75) is 26.2 Å². The average Bonchev–Trinajstić information content (AvgIpc) is 2.56. The van der Waals surface area contributed by atoms with Crippen LogP contribution in [-0.2, 0) is 4.84 Å². The smallest absolute Gasteiger partial charge is 0.118 e. The molecule has 0 N–H and O–H groups in total. The Morgan fingerprint density at radius 2 is 1.82 bits per heavy atom. The molecule has 118 valence electrons. The Morgan fingerprint density at radius 3 is 2.68 bits per heavy atom. The molecule has 0 spiro atoms. The van der Waals surface area contributed by atoms with Crippen LogP contribution in [0.4, 0.5) is 0 Å². The fourth-order valence-corrected chi connectivity index (χ4v) is 2.45. The molecule has 2 rings (SSSR count). The third-order valence-electron chi connectivity index (χ3n) is 3.76. The van der Waals surface area contributed by atoms with Gasteiger partial charge in [-0.3, -0.25) is 0 Å². The highest BCUT2D eigenvalue weighted by molar-refractivity contribution is 5.99. The molecule has 2 aromatic carbocycles. The second kappa shape index (κ2) is 9.21. The van der Waals surface area contributed by atoms with E-state index in [9.17, 15) is 0 Å². The zero-order valence-corrected chi connectivity index (χ0v) is 13.7. The third-order valence-corrected chi connectivity index (χ3v) is 3.76. The number of benzene rings is 2. The number of rotatable bonds is 9. The van der Waals surface area contributed by atoms with Gasteiger partial charge in [0.05, 0.1) is 6.21 Å². The Balaban J connectivity index is 1.75. The zero-order chi connectivity index (χ0) is 15.6. The topological polar surface area (TPSA) is 24.8 Å². The summed E-state index contributed by atoms with van der Waals surface area (Å²) in [5, 5.41) is 6.54. The number of hydrogen-bond acceptors (Lipinski definition) is 3. The molecule has 0 aromatic heterocycles. The van der Waals surface area contributed by atoms with Crippen molar-refractivity contribution in [2.75, 3.05) is 26.7 Å². The van der Waals surface area contributed by atoms with Gasteiger partial charge < -0.3 is 9.74 Å². The Labute approximate surface area is 133 Å². The summed E-state index contributed by atoms with van der Waals surface area (Å²) in [5.41, 5.74) is 1.10. The van der Waals surface area contributed by atoms with Crippen molar-refractivity contribution in [1.82, 2.24) is 4.90 Å². The molecular weight excluding hydrogens is 272 g/mol. The lowest BCUT2D eigenvalue weighted by Gasteiger charge is -2.15. The molecule has 3 nitrogen and oxygen atoms in total. The van der Waals surface area contributed by atoms with Crippen molar-refractivity contribution >= 4 is 17.0 Å². The van der Waals surface area contributed by atoms with Gasteiger partial charge in [-0.05, 0) is 37.2 Å². The summed E-state index contributed by atoms with van der Waals surface area (Å²) in [7, 11) is 2.16. The second-order valence-corrected chi connectivity index (χ2v) is 5.65. The van der Waals surface area contributed by atoms with E-state index >= 15 is 0 Å². The molecule has 0 radical (unpaired) electrons. The Bertz CT molecular complexity index is 590. The van der Waals surface area contributed by atoms with Gasteiger partial charge in [0.2, 0.25) is 0 Å². The van der Waals surface area contributed by atoms with Gasteiger partial charge in [-0.25, -0.2) is 0 Å². The molecule has 0 amide bonds. The maximum Gasteiger partial charge on any atom is 0.118 e. The number of hydrogen-bond donors (Lipinski definition) is 0. The molecule has 0 saturated heterocycles. The first-order valence-electron chi connectivity index (χ1n) is 8.13. The third kappa shape index (κ3) is 5.15. The maximum atomic E-state index is 5.38. The van der Waals surface area contributed by atoms with Gasteiger partial charge in [-0.1, -0.05) is 61.0 Å². The molecule has 0 fully saturated rings. The van der Waals surface area contributed by atoms with Crippen LogP contribution in [0.1, 0.15) is 31.7 Å². The molecular formula is C19H26N2O. The summed E-state index contributed by atoms with van der Waals surface area (Å²) in [6.07, 6.45) is 5.32. The van der Waals surface area contributed by atoms with Crippen LogP contribution in [0.2, 0.25) is 0 Å². The molecule has 0 heterocycles. The van der Waals surface area contributed by atoms with Crippen LogP contribution in [-0.4, -0.2) is 37.9 Å². The van der Waals surface area contributed by atoms with Crippen LogP contribution >= 0.6 is 0 Å².